The average molecular weight is 333 g/mol. The Morgan fingerprint density at radius 3 is 2.40 bits per heavy atom. The van der Waals surface area contributed by atoms with E-state index in [0.29, 0.717) is 10.7 Å². The second kappa shape index (κ2) is 6.00. The summed E-state index contributed by atoms with van der Waals surface area (Å²) in [4.78, 5) is 12.1. The van der Waals surface area contributed by atoms with E-state index in [1.54, 1.807) is 18.2 Å². The molecule has 0 aliphatic heterocycles. The summed E-state index contributed by atoms with van der Waals surface area (Å²) in [5.74, 6) is -1.27. The predicted molar refractivity (Wildman–Crippen MR) is 80.6 cm³/mol. The second-order valence-electron chi connectivity index (χ2n) is 4.18. The molecule has 1 N–H and O–H groups in total. The summed E-state index contributed by atoms with van der Waals surface area (Å²) < 4.78 is 13.4. The molecule has 0 saturated heterocycles. The Morgan fingerprint density at radius 1 is 1.05 bits per heavy atom. The molecule has 20 heavy (non-hydrogen) atoms. The third kappa shape index (κ3) is 3.23. The van der Waals surface area contributed by atoms with Gasteiger partial charge in [-0.2, -0.15) is 0 Å². The van der Waals surface area contributed by atoms with Crippen molar-refractivity contribution >= 4 is 46.4 Å². The maximum atomic E-state index is 13.4. The van der Waals surface area contributed by atoms with E-state index in [0.717, 1.165) is 11.6 Å². The summed E-state index contributed by atoms with van der Waals surface area (Å²) in [7, 11) is 0. The molecule has 6 heteroatoms. The third-order valence-electron chi connectivity index (χ3n) is 2.63. The van der Waals surface area contributed by atoms with Crippen molar-refractivity contribution in [2.45, 2.75) is 6.92 Å². The molecule has 0 heterocycles. The fraction of sp³-hybridized carbons (Fsp3) is 0.0714. The van der Waals surface area contributed by atoms with Crippen LogP contribution in [0.15, 0.2) is 30.3 Å². The number of anilines is 1. The van der Waals surface area contributed by atoms with E-state index >= 15 is 0 Å². The molecule has 2 aromatic carbocycles. The zero-order valence-electron chi connectivity index (χ0n) is 10.3. The highest BCUT2D eigenvalue weighted by Crippen LogP contribution is 2.27. The zero-order valence-corrected chi connectivity index (χ0v) is 12.6. The van der Waals surface area contributed by atoms with Crippen LogP contribution in [0.5, 0.6) is 0 Å². The fourth-order valence-corrected chi connectivity index (χ4v) is 2.36. The highest BCUT2D eigenvalue weighted by Gasteiger charge is 2.15. The van der Waals surface area contributed by atoms with Gasteiger partial charge in [0, 0.05) is 0 Å². The molecule has 1 amide bonds. The van der Waals surface area contributed by atoms with Crippen LogP contribution in [0, 0.1) is 12.7 Å². The lowest BCUT2D eigenvalue weighted by Crippen LogP contribution is -2.13. The fourth-order valence-electron chi connectivity index (χ4n) is 1.61. The first-order valence-electron chi connectivity index (χ1n) is 5.60. The number of hydrogen-bond acceptors (Lipinski definition) is 1. The Bertz CT molecular complexity index is 688. The first kappa shape index (κ1) is 15.1. The van der Waals surface area contributed by atoms with Crippen LogP contribution in [0.3, 0.4) is 0 Å². The smallest absolute Gasteiger partial charge is 0.257 e. The van der Waals surface area contributed by atoms with Gasteiger partial charge in [-0.1, -0.05) is 40.9 Å². The molecule has 104 valence electrons. The standard InChI is InChI=1S/C14H9Cl3FNO/c1-7-2-3-13(11(17)4-7)19-14(20)8-5-12(18)10(16)6-9(8)15/h2-6H,1H3,(H,19,20). The molecule has 0 saturated carbocycles. The number of amides is 1. The van der Waals surface area contributed by atoms with Crippen molar-refractivity contribution in [1.29, 1.82) is 0 Å². The van der Waals surface area contributed by atoms with Gasteiger partial charge >= 0.3 is 0 Å². The first-order valence-corrected chi connectivity index (χ1v) is 6.74. The van der Waals surface area contributed by atoms with Gasteiger partial charge in [0.05, 0.1) is 26.3 Å². The maximum Gasteiger partial charge on any atom is 0.257 e. The van der Waals surface area contributed by atoms with Gasteiger partial charge in [0.1, 0.15) is 5.82 Å². The molecule has 0 bridgehead atoms. The van der Waals surface area contributed by atoms with Gasteiger partial charge < -0.3 is 5.32 Å². The van der Waals surface area contributed by atoms with E-state index in [4.69, 9.17) is 34.8 Å². The number of carbonyl (C=O) groups is 1. The van der Waals surface area contributed by atoms with Crippen LogP contribution in [-0.2, 0) is 0 Å². The minimum Gasteiger partial charge on any atom is -0.321 e. The van der Waals surface area contributed by atoms with Crippen molar-refractivity contribution < 1.29 is 9.18 Å². The van der Waals surface area contributed by atoms with Crippen LogP contribution < -0.4 is 5.32 Å². The van der Waals surface area contributed by atoms with Gasteiger partial charge in [-0.3, -0.25) is 4.79 Å². The summed E-state index contributed by atoms with van der Waals surface area (Å²) in [5.41, 5.74) is 1.38. The van der Waals surface area contributed by atoms with Crippen LogP contribution in [0.25, 0.3) is 0 Å². The molecule has 0 aliphatic rings. The second-order valence-corrected chi connectivity index (χ2v) is 5.41. The number of carbonyl (C=O) groups excluding carboxylic acids is 1. The maximum absolute atomic E-state index is 13.4. The van der Waals surface area contributed by atoms with E-state index in [9.17, 15) is 9.18 Å². The summed E-state index contributed by atoms with van der Waals surface area (Å²) in [6.45, 7) is 1.88. The van der Waals surface area contributed by atoms with E-state index in [1.165, 1.54) is 6.07 Å². The minimum atomic E-state index is -0.712. The van der Waals surface area contributed by atoms with Crippen molar-refractivity contribution in [1.82, 2.24) is 0 Å². The van der Waals surface area contributed by atoms with E-state index < -0.39 is 11.7 Å². The largest absolute Gasteiger partial charge is 0.321 e. The van der Waals surface area contributed by atoms with E-state index in [1.807, 2.05) is 6.92 Å². The van der Waals surface area contributed by atoms with Crippen LogP contribution in [-0.4, -0.2) is 5.91 Å². The molecule has 0 aromatic heterocycles. The first-order chi connectivity index (χ1) is 9.38. The Morgan fingerprint density at radius 2 is 1.75 bits per heavy atom. The highest BCUT2D eigenvalue weighted by atomic mass is 35.5. The molecular weight excluding hydrogens is 324 g/mol. The third-order valence-corrected chi connectivity index (χ3v) is 3.54. The molecule has 0 aliphatic carbocycles. The number of halogens is 4. The summed E-state index contributed by atoms with van der Waals surface area (Å²) in [6, 6.07) is 7.34. The predicted octanol–water partition coefficient (Wildman–Crippen LogP) is 5.35. The number of benzene rings is 2. The summed E-state index contributed by atoms with van der Waals surface area (Å²) in [5, 5.41) is 2.90. The summed E-state index contributed by atoms with van der Waals surface area (Å²) >= 11 is 17.5. The Balaban J connectivity index is 2.31. The highest BCUT2D eigenvalue weighted by molar-refractivity contribution is 6.37. The number of nitrogens with one attached hydrogen (secondary N) is 1. The molecular formula is C14H9Cl3FNO. The van der Waals surface area contributed by atoms with Crippen molar-refractivity contribution in [2.75, 3.05) is 5.32 Å². The van der Waals surface area contributed by atoms with Gasteiger partial charge in [0.25, 0.3) is 5.91 Å². The Kier molecular flexibility index (Phi) is 4.53. The summed E-state index contributed by atoms with van der Waals surface area (Å²) in [6.07, 6.45) is 0. The molecule has 0 spiro atoms. The van der Waals surface area contributed by atoms with Gasteiger partial charge in [0.15, 0.2) is 0 Å². The van der Waals surface area contributed by atoms with E-state index in [-0.39, 0.29) is 15.6 Å². The lowest BCUT2D eigenvalue weighted by Gasteiger charge is -2.09. The van der Waals surface area contributed by atoms with Crippen molar-refractivity contribution in [2.24, 2.45) is 0 Å². The SMILES string of the molecule is Cc1ccc(NC(=O)c2cc(F)c(Cl)cc2Cl)c(Cl)c1. The molecule has 0 atom stereocenters. The zero-order chi connectivity index (χ0) is 14.9. The monoisotopic (exact) mass is 331 g/mol. The van der Waals surface area contributed by atoms with Crippen molar-refractivity contribution in [3.8, 4) is 0 Å². The Labute approximate surface area is 130 Å². The van der Waals surface area contributed by atoms with Gasteiger partial charge in [0.2, 0.25) is 0 Å². The molecule has 0 fully saturated rings. The normalized spacial score (nSPS) is 10.4. The lowest BCUT2D eigenvalue weighted by molar-refractivity contribution is 0.102. The van der Waals surface area contributed by atoms with Crippen LogP contribution in [0.2, 0.25) is 15.1 Å². The van der Waals surface area contributed by atoms with Crippen molar-refractivity contribution in [3.05, 3.63) is 62.3 Å². The molecule has 0 radical (unpaired) electrons. The molecule has 0 unspecified atom stereocenters. The quantitative estimate of drug-likeness (QED) is 0.738. The number of hydrogen-bond donors (Lipinski definition) is 1. The number of rotatable bonds is 2. The van der Waals surface area contributed by atoms with Crippen LogP contribution in [0.1, 0.15) is 15.9 Å². The van der Waals surface area contributed by atoms with Crippen molar-refractivity contribution in [3.63, 3.8) is 0 Å². The molecule has 2 rings (SSSR count). The number of aryl methyl sites for hydroxylation is 1. The van der Waals surface area contributed by atoms with Gasteiger partial charge in [-0.05, 0) is 36.8 Å². The van der Waals surface area contributed by atoms with Crippen LogP contribution in [0.4, 0.5) is 10.1 Å². The Hall–Kier alpha value is -1.29. The van der Waals surface area contributed by atoms with Crippen LogP contribution >= 0.6 is 34.8 Å². The molecule has 2 aromatic rings. The molecule has 2 nitrogen and oxygen atoms in total. The topological polar surface area (TPSA) is 29.1 Å². The van der Waals surface area contributed by atoms with E-state index in [2.05, 4.69) is 5.32 Å². The average Bonchev–Trinajstić information content (AvgIpc) is 2.37. The van der Waals surface area contributed by atoms with Gasteiger partial charge in [-0.15, -0.1) is 0 Å². The minimum absolute atomic E-state index is 0.00907. The van der Waals surface area contributed by atoms with Gasteiger partial charge in [-0.25, -0.2) is 4.39 Å². The lowest BCUT2D eigenvalue weighted by atomic mass is 10.2.